The topological polar surface area (TPSA) is 67.2 Å². The SMILES string of the molecule is CCCC(C)(O)C(=O)Nc1cnn(CC(C)C)c1CC. The van der Waals surface area contributed by atoms with E-state index in [4.69, 9.17) is 0 Å². The summed E-state index contributed by atoms with van der Waals surface area (Å²) in [6.07, 6.45) is 3.66. The number of aromatic nitrogens is 2. The zero-order valence-corrected chi connectivity index (χ0v) is 13.2. The van der Waals surface area contributed by atoms with Gasteiger partial charge >= 0.3 is 0 Å². The van der Waals surface area contributed by atoms with Crippen molar-refractivity contribution >= 4 is 11.6 Å². The molecule has 0 radical (unpaired) electrons. The average molecular weight is 281 g/mol. The van der Waals surface area contributed by atoms with E-state index >= 15 is 0 Å². The maximum Gasteiger partial charge on any atom is 0.256 e. The fourth-order valence-electron chi connectivity index (χ4n) is 2.25. The monoisotopic (exact) mass is 281 g/mol. The molecule has 20 heavy (non-hydrogen) atoms. The second-order valence-corrected chi connectivity index (χ2v) is 5.91. The molecule has 0 spiro atoms. The molecular formula is C15H27N3O2. The smallest absolute Gasteiger partial charge is 0.256 e. The van der Waals surface area contributed by atoms with Crippen molar-refractivity contribution in [3.63, 3.8) is 0 Å². The summed E-state index contributed by atoms with van der Waals surface area (Å²) in [5.74, 6) is 0.130. The Morgan fingerprint density at radius 3 is 2.65 bits per heavy atom. The number of nitrogens with one attached hydrogen (secondary N) is 1. The van der Waals surface area contributed by atoms with Crippen LogP contribution in [0.15, 0.2) is 6.20 Å². The van der Waals surface area contributed by atoms with Gasteiger partial charge < -0.3 is 10.4 Å². The highest BCUT2D eigenvalue weighted by Gasteiger charge is 2.30. The highest BCUT2D eigenvalue weighted by atomic mass is 16.3. The maximum absolute atomic E-state index is 12.1. The number of aliphatic hydroxyl groups is 1. The third-order valence-electron chi connectivity index (χ3n) is 3.30. The van der Waals surface area contributed by atoms with E-state index < -0.39 is 5.60 Å². The summed E-state index contributed by atoms with van der Waals surface area (Å²) < 4.78 is 1.93. The van der Waals surface area contributed by atoms with Crippen LogP contribution in [0.1, 0.15) is 53.2 Å². The number of carbonyl (C=O) groups excluding carboxylic acids is 1. The summed E-state index contributed by atoms with van der Waals surface area (Å²) >= 11 is 0. The van der Waals surface area contributed by atoms with Crippen molar-refractivity contribution in [1.29, 1.82) is 0 Å². The molecule has 0 fully saturated rings. The summed E-state index contributed by atoms with van der Waals surface area (Å²) in [7, 11) is 0. The lowest BCUT2D eigenvalue weighted by Crippen LogP contribution is -2.39. The first-order valence-corrected chi connectivity index (χ1v) is 7.40. The molecule has 0 aliphatic carbocycles. The van der Waals surface area contributed by atoms with Crippen molar-refractivity contribution in [2.45, 2.75) is 66.0 Å². The minimum Gasteiger partial charge on any atom is -0.380 e. The van der Waals surface area contributed by atoms with Crippen LogP contribution in [-0.2, 0) is 17.8 Å². The van der Waals surface area contributed by atoms with Crippen LogP contribution in [0.25, 0.3) is 0 Å². The Morgan fingerprint density at radius 1 is 1.50 bits per heavy atom. The molecule has 1 unspecified atom stereocenters. The van der Waals surface area contributed by atoms with Crippen molar-refractivity contribution in [3.8, 4) is 0 Å². The lowest BCUT2D eigenvalue weighted by molar-refractivity contribution is -0.133. The van der Waals surface area contributed by atoms with Gasteiger partial charge in [0.1, 0.15) is 5.60 Å². The number of hydrogen-bond donors (Lipinski definition) is 2. The molecule has 1 heterocycles. The van der Waals surface area contributed by atoms with Gasteiger partial charge in [0.05, 0.1) is 17.6 Å². The van der Waals surface area contributed by atoms with Crippen molar-refractivity contribution in [3.05, 3.63) is 11.9 Å². The molecule has 0 saturated carbocycles. The van der Waals surface area contributed by atoms with E-state index in [9.17, 15) is 9.90 Å². The Balaban J connectivity index is 2.87. The van der Waals surface area contributed by atoms with Gasteiger partial charge in [-0.15, -0.1) is 0 Å². The predicted molar refractivity (Wildman–Crippen MR) is 80.6 cm³/mol. The fourth-order valence-corrected chi connectivity index (χ4v) is 2.25. The Bertz CT molecular complexity index is 450. The van der Waals surface area contributed by atoms with E-state index in [2.05, 4.69) is 24.3 Å². The van der Waals surface area contributed by atoms with Gasteiger partial charge in [-0.2, -0.15) is 5.10 Å². The number of anilines is 1. The van der Waals surface area contributed by atoms with E-state index in [1.54, 1.807) is 13.1 Å². The number of rotatable bonds is 7. The Kier molecular flexibility index (Phi) is 5.74. The minimum atomic E-state index is -1.33. The average Bonchev–Trinajstić information content (AvgIpc) is 2.70. The second-order valence-electron chi connectivity index (χ2n) is 5.91. The molecule has 0 aromatic carbocycles. The molecule has 1 aromatic heterocycles. The van der Waals surface area contributed by atoms with Gasteiger partial charge in [-0.25, -0.2) is 0 Å². The van der Waals surface area contributed by atoms with Crippen LogP contribution < -0.4 is 5.32 Å². The number of nitrogens with zero attached hydrogens (tertiary/aromatic N) is 2. The van der Waals surface area contributed by atoms with E-state index in [1.807, 2.05) is 18.5 Å². The first-order valence-electron chi connectivity index (χ1n) is 7.40. The van der Waals surface area contributed by atoms with Crippen LogP contribution in [0.5, 0.6) is 0 Å². The normalized spacial score (nSPS) is 14.3. The van der Waals surface area contributed by atoms with Gasteiger partial charge in [-0.1, -0.05) is 34.1 Å². The third-order valence-corrected chi connectivity index (χ3v) is 3.30. The first-order chi connectivity index (χ1) is 9.31. The molecular weight excluding hydrogens is 254 g/mol. The number of carbonyl (C=O) groups is 1. The summed E-state index contributed by atoms with van der Waals surface area (Å²) in [4.78, 5) is 12.1. The predicted octanol–water partition coefficient (Wildman–Crippen LogP) is 2.59. The molecule has 5 heteroatoms. The molecule has 5 nitrogen and oxygen atoms in total. The summed E-state index contributed by atoms with van der Waals surface area (Å²) in [6, 6.07) is 0. The molecule has 1 amide bonds. The molecule has 1 rings (SSSR count). The maximum atomic E-state index is 12.1. The first kappa shape index (κ1) is 16.7. The van der Waals surface area contributed by atoms with Crippen molar-refractivity contribution in [2.24, 2.45) is 5.92 Å². The van der Waals surface area contributed by atoms with E-state index in [0.717, 1.165) is 25.1 Å². The van der Waals surface area contributed by atoms with Gasteiger partial charge in [0.2, 0.25) is 0 Å². The standard InChI is InChI=1S/C15H27N3O2/c1-6-8-15(5,20)14(19)17-12-9-16-18(10-11(3)4)13(12)7-2/h9,11,20H,6-8,10H2,1-5H3,(H,17,19). The Labute approximate surface area is 121 Å². The van der Waals surface area contributed by atoms with E-state index in [1.165, 1.54) is 0 Å². The molecule has 114 valence electrons. The minimum absolute atomic E-state index is 0.363. The molecule has 0 aliphatic rings. The van der Waals surface area contributed by atoms with Crippen LogP contribution in [0.4, 0.5) is 5.69 Å². The van der Waals surface area contributed by atoms with Crippen molar-refractivity contribution in [2.75, 3.05) is 5.32 Å². The lowest BCUT2D eigenvalue weighted by atomic mass is 9.99. The van der Waals surface area contributed by atoms with Crippen LogP contribution in [-0.4, -0.2) is 26.4 Å². The largest absolute Gasteiger partial charge is 0.380 e. The van der Waals surface area contributed by atoms with Gasteiger partial charge in [0.25, 0.3) is 5.91 Å². The van der Waals surface area contributed by atoms with Gasteiger partial charge in [-0.05, 0) is 25.7 Å². The summed E-state index contributed by atoms with van der Waals surface area (Å²) in [5, 5.41) is 17.3. The molecule has 2 N–H and O–H groups in total. The molecule has 0 saturated heterocycles. The van der Waals surface area contributed by atoms with Gasteiger partial charge in [-0.3, -0.25) is 9.48 Å². The Hall–Kier alpha value is -1.36. The zero-order valence-electron chi connectivity index (χ0n) is 13.2. The van der Waals surface area contributed by atoms with Crippen LogP contribution in [0.2, 0.25) is 0 Å². The van der Waals surface area contributed by atoms with Gasteiger partial charge in [0.15, 0.2) is 0 Å². The van der Waals surface area contributed by atoms with E-state index in [0.29, 0.717) is 18.0 Å². The van der Waals surface area contributed by atoms with Crippen LogP contribution >= 0.6 is 0 Å². The second kappa shape index (κ2) is 6.88. The van der Waals surface area contributed by atoms with Gasteiger partial charge in [0, 0.05) is 6.54 Å². The highest BCUT2D eigenvalue weighted by molar-refractivity contribution is 5.97. The molecule has 1 aromatic rings. The summed E-state index contributed by atoms with van der Waals surface area (Å²) in [5.41, 5.74) is 0.369. The summed E-state index contributed by atoms with van der Waals surface area (Å²) in [6.45, 7) is 10.6. The fraction of sp³-hybridized carbons (Fsp3) is 0.733. The third kappa shape index (κ3) is 4.07. The lowest BCUT2D eigenvalue weighted by Gasteiger charge is -2.21. The van der Waals surface area contributed by atoms with Crippen molar-refractivity contribution < 1.29 is 9.90 Å². The van der Waals surface area contributed by atoms with Crippen LogP contribution in [0.3, 0.4) is 0 Å². The quantitative estimate of drug-likeness (QED) is 0.807. The van der Waals surface area contributed by atoms with Crippen molar-refractivity contribution in [1.82, 2.24) is 9.78 Å². The number of amides is 1. The molecule has 1 atom stereocenters. The number of hydrogen-bond acceptors (Lipinski definition) is 3. The highest BCUT2D eigenvalue weighted by Crippen LogP contribution is 2.20. The molecule has 0 aliphatic heterocycles. The van der Waals surface area contributed by atoms with Crippen LogP contribution in [0, 0.1) is 5.92 Å². The Morgan fingerprint density at radius 2 is 2.15 bits per heavy atom. The molecule has 0 bridgehead atoms. The zero-order chi connectivity index (χ0) is 15.3. The van der Waals surface area contributed by atoms with E-state index in [-0.39, 0.29) is 5.91 Å².